The fourth-order valence-corrected chi connectivity index (χ4v) is 5.33. The molecule has 0 unspecified atom stereocenters. The molecule has 0 aliphatic heterocycles. The molecule has 0 spiro atoms. The molecule has 12 nitrogen and oxygen atoms in total. The van der Waals surface area contributed by atoms with Gasteiger partial charge >= 0.3 is 0 Å². The summed E-state index contributed by atoms with van der Waals surface area (Å²) in [6.07, 6.45) is 5.83. The van der Waals surface area contributed by atoms with E-state index < -0.39 is 11.8 Å². The van der Waals surface area contributed by atoms with Crippen molar-refractivity contribution in [3.05, 3.63) is 142 Å². The highest BCUT2D eigenvalue weighted by Crippen LogP contribution is 2.34. The molecule has 2 heterocycles. The third-order valence-electron chi connectivity index (χ3n) is 8.09. The molecule has 50 heavy (non-hydrogen) atoms. The number of ether oxygens (including phenoxy) is 2. The Morgan fingerprint density at radius 1 is 0.860 bits per heavy atom. The first-order chi connectivity index (χ1) is 24.2. The first kappa shape index (κ1) is 33.2. The van der Waals surface area contributed by atoms with Crippen molar-refractivity contribution in [2.75, 3.05) is 38.4 Å². The minimum atomic E-state index is -0.728. The first-order valence-electron chi connectivity index (χ1n) is 15.6. The zero-order valence-electron chi connectivity index (χ0n) is 27.5. The van der Waals surface area contributed by atoms with E-state index >= 15 is 0 Å². The van der Waals surface area contributed by atoms with Gasteiger partial charge in [0.1, 0.15) is 5.58 Å². The molecule has 0 aliphatic rings. The molecule has 6 aromatic rings. The Morgan fingerprint density at radius 3 is 2.28 bits per heavy atom. The number of likely N-dealkylation sites (N-methyl/N-ethyl adjacent to an activating group) is 1. The lowest BCUT2D eigenvalue weighted by Gasteiger charge is -2.18. The predicted molar refractivity (Wildman–Crippen MR) is 189 cm³/mol. The Morgan fingerprint density at radius 2 is 1.58 bits per heavy atom. The fourth-order valence-electron chi connectivity index (χ4n) is 5.33. The van der Waals surface area contributed by atoms with Gasteiger partial charge in [-0.2, -0.15) is 0 Å². The largest absolute Gasteiger partial charge is 0.493 e. The maximum Gasteiger partial charge on any atom is 0.291 e. The van der Waals surface area contributed by atoms with E-state index in [4.69, 9.17) is 13.9 Å². The number of carbonyl (C=O) groups is 3. The van der Waals surface area contributed by atoms with Crippen molar-refractivity contribution in [2.45, 2.75) is 6.42 Å². The van der Waals surface area contributed by atoms with Crippen molar-refractivity contribution in [2.24, 2.45) is 0 Å². The van der Waals surface area contributed by atoms with Gasteiger partial charge in [-0.3, -0.25) is 19.2 Å². The summed E-state index contributed by atoms with van der Waals surface area (Å²) in [6, 6.07) is 25.2. The number of hydrogen-bond donors (Lipinski definition) is 2. The number of nitrogens with one attached hydrogen (secondary N) is 2. The first-order valence-corrected chi connectivity index (χ1v) is 15.6. The Kier molecular flexibility index (Phi) is 9.70. The maximum absolute atomic E-state index is 13.6. The number of benzene rings is 4. The van der Waals surface area contributed by atoms with Crippen molar-refractivity contribution in [1.29, 1.82) is 0 Å². The molecule has 12 heteroatoms. The van der Waals surface area contributed by atoms with Crippen LogP contribution in [0.3, 0.4) is 0 Å². The second kappa shape index (κ2) is 14.6. The van der Waals surface area contributed by atoms with E-state index in [2.05, 4.69) is 15.6 Å². The van der Waals surface area contributed by atoms with Crippen molar-refractivity contribution in [1.82, 2.24) is 14.5 Å². The van der Waals surface area contributed by atoms with Crippen LogP contribution in [0.15, 0.2) is 119 Å². The standard InChI is InChI=1S/C38H33N5O7/c1-42(38(47)25-10-14-27(15-11-25)43-19-17-39-23-43)18-16-24-8-12-26(13-9-24)40-36(45)29-20-33(48-2)34(49-3)21-30(29)41-37(46)35-22-31(44)28-6-4-5-7-32(28)50-35/h4-15,17,19-23H,16,18H2,1-3H3,(H,40,45)(H,41,46). The van der Waals surface area contributed by atoms with Gasteiger partial charge in [-0.1, -0.05) is 24.3 Å². The molecule has 0 fully saturated rings. The molecule has 6 rings (SSSR count). The van der Waals surface area contributed by atoms with E-state index in [0.717, 1.165) is 17.3 Å². The Bertz CT molecular complexity index is 2230. The average Bonchev–Trinajstić information content (AvgIpc) is 3.69. The van der Waals surface area contributed by atoms with Crippen LogP contribution in [-0.4, -0.2) is 60.0 Å². The summed E-state index contributed by atoms with van der Waals surface area (Å²) in [7, 11) is 4.62. The molecule has 2 N–H and O–H groups in total. The van der Waals surface area contributed by atoms with Crippen molar-refractivity contribution in [3.8, 4) is 17.2 Å². The summed E-state index contributed by atoms with van der Waals surface area (Å²) in [4.78, 5) is 58.1. The molecule has 0 saturated carbocycles. The second-order valence-electron chi connectivity index (χ2n) is 11.3. The molecule has 0 atom stereocenters. The number of fused-ring (bicyclic) bond motifs is 1. The van der Waals surface area contributed by atoms with E-state index in [9.17, 15) is 19.2 Å². The molecule has 0 bridgehead atoms. The van der Waals surface area contributed by atoms with E-state index in [1.165, 1.54) is 26.4 Å². The Hall–Kier alpha value is -6.69. The number of rotatable bonds is 11. The number of imidazole rings is 1. The van der Waals surface area contributed by atoms with Gasteiger partial charge in [0.15, 0.2) is 22.7 Å². The maximum atomic E-state index is 13.6. The summed E-state index contributed by atoms with van der Waals surface area (Å²) < 4.78 is 18.3. The molecule has 0 radical (unpaired) electrons. The van der Waals surface area contributed by atoms with Crippen LogP contribution in [-0.2, 0) is 6.42 Å². The van der Waals surface area contributed by atoms with Crippen LogP contribution >= 0.6 is 0 Å². The monoisotopic (exact) mass is 671 g/mol. The average molecular weight is 672 g/mol. The van der Waals surface area contributed by atoms with Crippen LogP contribution in [0, 0.1) is 0 Å². The van der Waals surface area contributed by atoms with Crippen molar-refractivity contribution >= 4 is 40.1 Å². The summed E-state index contributed by atoms with van der Waals surface area (Å²) in [6.45, 7) is 0.486. The number of anilines is 2. The van der Waals surface area contributed by atoms with Gasteiger partial charge in [0.2, 0.25) is 0 Å². The SMILES string of the molecule is COc1cc(NC(=O)c2cc(=O)c3ccccc3o2)c(C(=O)Nc2ccc(CCN(C)C(=O)c3ccc(-n4ccnc4)cc3)cc2)cc1OC. The Labute approximate surface area is 286 Å². The number of para-hydroxylation sites is 1. The van der Waals surface area contributed by atoms with E-state index in [0.29, 0.717) is 29.6 Å². The predicted octanol–water partition coefficient (Wildman–Crippen LogP) is 5.82. The molecule has 2 aromatic heterocycles. The van der Waals surface area contributed by atoms with Crippen LogP contribution in [0.1, 0.15) is 36.8 Å². The third-order valence-corrected chi connectivity index (χ3v) is 8.09. The molecule has 0 saturated heterocycles. The number of carbonyl (C=O) groups excluding carboxylic acids is 3. The van der Waals surface area contributed by atoms with Gasteiger partial charge < -0.3 is 34.0 Å². The zero-order valence-corrected chi connectivity index (χ0v) is 27.5. The molecule has 3 amide bonds. The van der Waals surface area contributed by atoms with Gasteiger partial charge in [0.25, 0.3) is 17.7 Å². The van der Waals surface area contributed by atoms with Gasteiger partial charge in [0.05, 0.1) is 37.2 Å². The van der Waals surface area contributed by atoms with Crippen molar-refractivity contribution < 1.29 is 28.3 Å². The molecular weight excluding hydrogens is 638 g/mol. The lowest BCUT2D eigenvalue weighted by molar-refractivity contribution is 0.0796. The molecule has 4 aromatic carbocycles. The summed E-state index contributed by atoms with van der Waals surface area (Å²) >= 11 is 0. The minimum Gasteiger partial charge on any atom is -0.493 e. The normalized spacial score (nSPS) is 10.8. The van der Waals surface area contributed by atoms with E-state index in [1.54, 1.807) is 73.0 Å². The minimum absolute atomic E-state index is 0.0846. The summed E-state index contributed by atoms with van der Waals surface area (Å²) in [5, 5.41) is 5.87. The van der Waals surface area contributed by atoms with Gasteiger partial charge in [-0.05, 0) is 66.6 Å². The highest BCUT2D eigenvalue weighted by atomic mass is 16.5. The highest BCUT2D eigenvalue weighted by molar-refractivity contribution is 6.12. The number of nitrogens with zero attached hydrogens (tertiary/aromatic N) is 3. The third kappa shape index (κ3) is 7.24. The smallest absolute Gasteiger partial charge is 0.291 e. The summed E-state index contributed by atoms with van der Waals surface area (Å²) in [5.74, 6) is -1.02. The van der Waals surface area contributed by atoms with Crippen LogP contribution < -0.4 is 25.5 Å². The molecule has 0 aliphatic carbocycles. The topological polar surface area (TPSA) is 145 Å². The fraction of sp³-hybridized carbons (Fsp3) is 0.132. The molecular formula is C38H33N5O7. The Balaban J connectivity index is 1.12. The van der Waals surface area contributed by atoms with E-state index in [-0.39, 0.29) is 45.4 Å². The quantitative estimate of drug-likeness (QED) is 0.176. The lowest BCUT2D eigenvalue weighted by Crippen LogP contribution is -2.28. The second-order valence-corrected chi connectivity index (χ2v) is 11.3. The summed E-state index contributed by atoms with van der Waals surface area (Å²) in [5.41, 5.74) is 3.05. The van der Waals surface area contributed by atoms with Crippen molar-refractivity contribution in [3.63, 3.8) is 0 Å². The van der Waals surface area contributed by atoms with Gasteiger partial charge in [0, 0.05) is 55.1 Å². The number of hydrogen-bond acceptors (Lipinski definition) is 8. The van der Waals surface area contributed by atoms with Gasteiger partial charge in [-0.15, -0.1) is 0 Å². The number of methoxy groups -OCH3 is 2. The zero-order chi connectivity index (χ0) is 35.2. The van der Waals surface area contributed by atoms with Crippen LogP contribution in [0.2, 0.25) is 0 Å². The number of aromatic nitrogens is 2. The highest BCUT2D eigenvalue weighted by Gasteiger charge is 2.21. The molecule has 252 valence electrons. The van der Waals surface area contributed by atoms with Crippen LogP contribution in [0.5, 0.6) is 11.5 Å². The lowest BCUT2D eigenvalue weighted by atomic mass is 10.1. The van der Waals surface area contributed by atoms with Crippen LogP contribution in [0.25, 0.3) is 16.7 Å². The van der Waals surface area contributed by atoms with Crippen LogP contribution in [0.4, 0.5) is 11.4 Å². The van der Waals surface area contributed by atoms with Gasteiger partial charge in [-0.25, -0.2) is 4.98 Å². The number of amides is 3. The van der Waals surface area contributed by atoms with E-state index in [1.807, 2.05) is 35.0 Å².